The molecule has 1 atom stereocenters. The van der Waals surface area contributed by atoms with Crippen LogP contribution < -0.4 is 0 Å². The molecule has 0 spiro atoms. The SMILES string of the molecule is CCCN(CCC)C(C(=O)O)c1ccc(O)cc1. The van der Waals surface area contributed by atoms with Gasteiger partial charge in [-0.15, -0.1) is 0 Å². The molecule has 2 N–H and O–H groups in total. The molecule has 1 rings (SSSR count). The van der Waals surface area contributed by atoms with Crippen LogP contribution in [-0.2, 0) is 4.79 Å². The first-order valence-electron chi connectivity index (χ1n) is 6.35. The van der Waals surface area contributed by atoms with Crippen LogP contribution in [-0.4, -0.2) is 34.2 Å². The van der Waals surface area contributed by atoms with Crippen molar-refractivity contribution in [2.45, 2.75) is 32.7 Å². The van der Waals surface area contributed by atoms with Gasteiger partial charge in [0.2, 0.25) is 0 Å². The van der Waals surface area contributed by atoms with Gasteiger partial charge in [-0.2, -0.15) is 0 Å². The normalized spacial score (nSPS) is 12.6. The van der Waals surface area contributed by atoms with Crippen molar-refractivity contribution in [3.63, 3.8) is 0 Å². The third kappa shape index (κ3) is 3.74. The van der Waals surface area contributed by atoms with Gasteiger partial charge in [-0.3, -0.25) is 9.69 Å². The van der Waals surface area contributed by atoms with Gasteiger partial charge in [0.25, 0.3) is 0 Å². The highest BCUT2D eigenvalue weighted by molar-refractivity contribution is 5.75. The maximum Gasteiger partial charge on any atom is 0.325 e. The molecule has 0 fully saturated rings. The predicted octanol–water partition coefficient (Wildman–Crippen LogP) is 2.64. The third-order valence-corrected chi connectivity index (χ3v) is 2.83. The Balaban J connectivity index is 2.99. The number of carboxylic acid groups (broad SMARTS) is 1. The minimum absolute atomic E-state index is 0.153. The summed E-state index contributed by atoms with van der Waals surface area (Å²) in [6.07, 6.45) is 1.84. The molecule has 0 saturated carbocycles. The highest BCUT2D eigenvalue weighted by Crippen LogP contribution is 2.23. The van der Waals surface area contributed by atoms with Crippen molar-refractivity contribution in [1.82, 2.24) is 4.90 Å². The molecule has 0 bridgehead atoms. The molecule has 0 aliphatic heterocycles. The summed E-state index contributed by atoms with van der Waals surface area (Å²) in [7, 11) is 0. The smallest absolute Gasteiger partial charge is 0.325 e. The number of hydrogen-bond donors (Lipinski definition) is 2. The Hall–Kier alpha value is -1.55. The highest BCUT2D eigenvalue weighted by atomic mass is 16.4. The van der Waals surface area contributed by atoms with Crippen molar-refractivity contribution in [2.75, 3.05) is 13.1 Å². The molecule has 0 heterocycles. The number of carbonyl (C=O) groups is 1. The van der Waals surface area contributed by atoms with E-state index in [2.05, 4.69) is 0 Å². The van der Waals surface area contributed by atoms with E-state index >= 15 is 0 Å². The van der Waals surface area contributed by atoms with Crippen molar-refractivity contribution in [3.05, 3.63) is 29.8 Å². The lowest BCUT2D eigenvalue weighted by Gasteiger charge is -2.28. The lowest BCUT2D eigenvalue weighted by atomic mass is 10.0. The number of phenols is 1. The third-order valence-electron chi connectivity index (χ3n) is 2.83. The zero-order chi connectivity index (χ0) is 13.5. The summed E-state index contributed by atoms with van der Waals surface area (Å²) >= 11 is 0. The Labute approximate surface area is 108 Å². The van der Waals surface area contributed by atoms with Gasteiger partial charge in [0.15, 0.2) is 0 Å². The fourth-order valence-electron chi connectivity index (χ4n) is 2.11. The fourth-order valence-corrected chi connectivity index (χ4v) is 2.11. The number of aliphatic carboxylic acids is 1. The Morgan fingerprint density at radius 1 is 1.17 bits per heavy atom. The second-order valence-corrected chi connectivity index (χ2v) is 4.37. The maximum absolute atomic E-state index is 11.5. The second kappa shape index (κ2) is 7.01. The maximum atomic E-state index is 11.5. The van der Waals surface area contributed by atoms with E-state index in [0.29, 0.717) is 5.56 Å². The summed E-state index contributed by atoms with van der Waals surface area (Å²) in [4.78, 5) is 13.4. The van der Waals surface area contributed by atoms with Gasteiger partial charge in [0.1, 0.15) is 11.8 Å². The van der Waals surface area contributed by atoms with Crippen molar-refractivity contribution < 1.29 is 15.0 Å². The van der Waals surface area contributed by atoms with Crippen molar-refractivity contribution >= 4 is 5.97 Å². The van der Waals surface area contributed by atoms with Gasteiger partial charge in [-0.05, 0) is 43.6 Å². The second-order valence-electron chi connectivity index (χ2n) is 4.37. The minimum atomic E-state index is -0.845. The Morgan fingerprint density at radius 3 is 2.06 bits per heavy atom. The zero-order valence-corrected chi connectivity index (χ0v) is 11.0. The molecule has 18 heavy (non-hydrogen) atoms. The van der Waals surface area contributed by atoms with E-state index in [1.54, 1.807) is 12.1 Å². The molecule has 0 radical (unpaired) electrons. The molecule has 0 saturated heterocycles. The molecule has 4 nitrogen and oxygen atoms in total. The first-order valence-corrected chi connectivity index (χ1v) is 6.35. The van der Waals surface area contributed by atoms with E-state index in [4.69, 9.17) is 0 Å². The van der Waals surface area contributed by atoms with E-state index in [-0.39, 0.29) is 5.75 Å². The number of hydrogen-bond acceptors (Lipinski definition) is 3. The summed E-state index contributed by atoms with van der Waals surface area (Å²) in [6, 6.07) is 5.77. The molecule has 0 amide bonds. The summed E-state index contributed by atoms with van der Waals surface area (Å²) in [6.45, 7) is 5.59. The average molecular weight is 251 g/mol. The van der Waals surface area contributed by atoms with Crippen LogP contribution >= 0.6 is 0 Å². The van der Waals surface area contributed by atoms with Gasteiger partial charge in [0, 0.05) is 0 Å². The zero-order valence-electron chi connectivity index (χ0n) is 11.0. The first-order chi connectivity index (χ1) is 8.60. The van der Waals surface area contributed by atoms with Crippen LogP contribution in [0.4, 0.5) is 0 Å². The van der Waals surface area contributed by atoms with E-state index in [9.17, 15) is 15.0 Å². The van der Waals surface area contributed by atoms with Crippen LogP contribution in [0, 0.1) is 0 Å². The fraction of sp³-hybridized carbons (Fsp3) is 0.500. The monoisotopic (exact) mass is 251 g/mol. The molecule has 4 heteroatoms. The van der Waals surface area contributed by atoms with Gasteiger partial charge in [-0.25, -0.2) is 0 Å². The molecule has 1 unspecified atom stereocenters. The number of carboxylic acids is 1. The molecule has 0 aliphatic carbocycles. The number of aromatic hydroxyl groups is 1. The quantitative estimate of drug-likeness (QED) is 0.782. The van der Waals surface area contributed by atoms with Crippen LogP contribution in [0.5, 0.6) is 5.75 Å². The lowest BCUT2D eigenvalue weighted by Crippen LogP contribution is -2.35. The molecule has 100 valence electrons. The number of nitrogens with zero attached hydrogens (tertiary/aromatic N) is 1. The van der Waals surface area contributed by atoms with Crippen LogP contribution in [0.25, 0.3) is 0 Å². The summed E-state index contributed by atoms with van der Waals surface area (Å²) in [5.74, 6) is -0.692. The molecule has 1 aromatic rings. The standard InChI is InChI=1S/C14H21NO3/c1-3-9-15(10-4-2)13(14(17)18)11-5-7-12(16)8-6-11/h5-8,13,16H,3-4,9-10H2,1-2H3,(H,17,18). The predicted molar refractivity (Wildman–Crippen MR) is 70.6 cm³/mol. The number of phenolic OH excluding ortho intramolecular Hbond substituents is 1. The summed E-state index contributed by atoms with van der Waals surface area (Å²) < 4.78 is 0. The van der Waals surface area contributed by atoms with Crippen molar-refractivity contribution in [3.8, 4) is 5.75 Å². The van der Waals surface area contributed by atoms with Gasteiger partial charge in [0.05, 0.1) is 0 Å². The van der Waals surface area contributed by atoms with E-state index in [0.717, 1.165) is 25.9 Å². The summed E-state index contributed by atoms with van der Waals surface area (Å²) in [5, 5.41) is 18.7. The van der Waals surface area contributed by atoms with Crippen molar-refractivity contribution in [2.24, 2.45) is 0 Å². The van der Waals surface area contributed by atoms with Gasteiger partial charge in [-0.1, -0.05) is 26.0 Å². The van der Waals surface area contributed by atoms with E-state index in [1.165, 1.54) is 12.1 Å². The van der Waals surface area contributed by atoms with Crippen LogP contribution in [0.15, 0.2) is 24.3 Å². The van der Waals surface area contributed by atoms with Gasteiger partial charge < -0.3 is 10.2 Å². The molecular weight excluding hydrogens is 230 g/mol. The summed E-state index contributed by atoms with van der Waals surface area (Å²) in [5.41, 5.74) is 0.710. The minimum Gasteiger partial charge on any atom is -0.508 e. The Morgan fingerprint density at radius 2 is 1.67 bits per heavy atom. The largest absolute Gasteiger partial charge is 0.508 e. The molecule has 0 aromatic heterocycles. The van der Waals surface area contributed by atoms with Crippen molar-refractivity contribution in [1.29, 1.82) is 0 Å². The molecule has 1 aromatic carbocycles. The van der Waals surface area contributed by atoms with Crippen LogP contribution in [0.1, 0.15) is 38.3 Å². The number of benzene rings is 1. The van der Waals surface area contributed by atoms with E-state index in [1.807, 2.05) is 18.7 Å². The van der Waals surface area contributed by atoms with E-state index < -0.39 is 12.0 Å². The average Bonchev–Trinajstić information content (AvgIpc) is 2.32. The Kier molecular flexibility index (Phi) is 5.65. The highest BCUT2D eigenvalue weighted by Gasteiger charge is 2.26. The van der Waals surface area contributed by atoms with Crippen LogP contribution in [0.2, 0.25) is 0 Å². The van der Waals surface area contributed by atoms with Crippen LogP contribution in [0.3, 0.4) is 0 Å². The lowest BCUT2D eigenvalue weighted by molar-refractivity contribution is -0.143. The molecular formula is C14H21NO3. The topological polar surface area (TPSA) is 60.8 Å². The first kappa shape index (κ1) is 14.5. The van der Waals surface area contributed by atoms with Gasteiger partial charge >= 0.3 is 5.97 Å². The Bertz CT molecular complexity index is 369. The molecule has 0 aliphatic rings. The number of rotatable bonds is 7.